The molecule has 168 valence electrons. The molecule has 0 saturated carbocycles. The first kappa shape index (κ1) is 23.6. The summed E-state index contributed by atoms with van der Waals surface area (Å²) in [4.78, 5) is 39.2. The second kappa shape index (κ2) is 10.4. The van der Waals surface area contributed by atoms with Crippen molar-refractivity contribution in [3.05, 3.63) is 36.3 Å². The molecule has 0 fully saturated rings. The molecule has 31 heavy (non-hydrogen) atoms. The summed E-state index contributed by atoms with van der Waals surface area (Å²) in [6, 6.07) is 1.68. The van der Waals surface area contributed by atoms with E-state index in [1.54, 1.807) is 0 Å². The van der Waals surface area contributed by atoms with Gasteiger partial charge in [-0.15, -0.1) is 0 Å². The molecule has 2 aromatic heterocycles. The van der Waals surface area contributed by atoms with E-state index in [4.69, 9.17) is 0 Å². The maximum atomic E-state index is 12.3. The number of halogens is 3. The summed E-state index contributed by atoms with van der Waals surface area (Å²) in [5.74, 6) is -2.01. The number of methoxy groups -OCH3 is 2. The normalized spacial score (nSPS) is 11.2. The minimum absolute atomic E-state index is 0.0628. The van der Waals surface area contributed by atoms with Crippen molar-refractivity contribution in [2.45, 2.75) is 25.1 Å². The van der Waals surface area contributed by atoms with E-state index in [9.17, 15) is 27.6 Å². The van der Waals surface area contributed by atoms with Crippen molar-refractivity contribution in [3.63, 3.8) is 0 Å². The van der Waals surface area contributed by atoms with Crippen LogP contribution in [0.3, 0.4) is 0 Å². The van der Waals surface area contributed by atoms with Gasteiger partial charge in [-0.2, -0.15) is 18.3 Å². The van der Waals surface area contributed by atoms with Crippen molar-refractivity contribution < 1.29 is 41.8 Å². The Morgan fingerprint density at radius 2 is 1.74 bits per heavy atom. The van der Waals surface area contributed by atoms with Gasteiger partial charge in [-0.1, -0.05) is 0 Å². The first-order chi connectivity index (χ1) is 14.6. The van der Waals surface area contributed by atoms with Gasteiger partial charge in [-0.3, -0.25) is 19.1 Å². The van der Waals surface area contributed by atoms with Crippen LogP contribution < -0.4 is 10.1 Å². The van der Waals surface area contributed by atoms with Crippen molar-refractivity contribution >= 4 is 23.5 Å². The number of carbonyl (C=O) groups is 3. The molecule has 0 atom stereocenters. The Bertz CT molecular complexity index is 896. The molecule has 2 aromatic rings. The minimum atomic E-state index is -4.50. The number of anilines is 1. The highest BCUT2D eigenvalue weighted by atomic mass is 19.4. The molecule has 0 aromatic carbocycles. The summed E-state index contributed by atoms with van der Waals surface area (Å²) in [5.41, 5.74) is 0.315. The molecule has 2 rings (SSSR count). The van der Waals surface area contributed by atoms with Gasteiger partial charge in [0.05, 0.1) is 50.6 Å². The lowest BCUT2D eigenvalue weighted by molar-refractivity contribution is -0.154. The standard InChI is InChI=1S/C18H19F3N4O6/c1-29-15(26)5-13(6-16(27)30-2)25-9-12(8-23-25)24-17(28)11-3-4-14(22-7-11)31-10-18(19,20)21/h3-4,7-9,13H,5-6,10H2,1-2H3,(H,24,28). The van der Waals surface area contributed by atoms with E-state index in [1.165, 1.54) is 37.4 Å². The average molecular weight is 444 g/mol. The van der Waals surface area contributed by atoms with E-state index < -0.39 is 36.7 Å². The van der Waals surface area contributed by atoms with Crippen LogP contribution in [-0.2, 0) is 19.1 Å². The van der Waals surface area contributed by atoms with E-state index in [-0.39, 0.29) is 30.0 Å². The minimum Gasteiger partial charge on any atom is -0.469 e. The van der Waals surface area contributed by atoms with Crippen LogP contribution in [0, 0.1) is 0 Å². The fourth-order valence-corrected chi connectivity index (χ4v) is 2.37. The topological polar surface area (TPSA) is 122 Å². The number of nitrogens with zero attached hydrogens (tertiary/aromatic N) is 3. The lowest BCUT2D eigenvalue weighted by Gasteiger charge is -2.15. The molecular weight excluding hydrogens is 425 g/mol. The quantitative estimate of drug-likeness (QED) is 0.584. The lowest BCUT2D eigenvalue weighted by atomic mass is 10.1. The lowest BCUT2D eigenvalue weighted by Crippen LogP contribution is -2.20. The van der Waals surface area contributed by atoms with E-state index >= 15 is 0 Å². The number of hydrogen-bond donors (Lipinski definition) is 1. The number of aromatic nitrogens is 3. The van der Waals surface area contributed by atoms with Crippen LogP contribution >= 0.6 is 0 Å². The van der Waals surface area contributed by atoms with Crippen LogP contribution in [-0.4, -0.2) is 59.6 Å². The number of nitrogens with one attached hydrogen (secondary N) is 1. The Kier molecular flexibility index (Phi) is 7.94. The number of ether oxygens (including phenoxy) is 3. The zero-order valence-corrected chi connectivity index (χ0v) is 16.5. The Morgan fingerprint density at radius 1 is 1.10 bits per heavy atom. The first-order valence-electron chi connectivity index (χ1n) is 8.76. The predicted octanol–water partition coefficient (Wildman–Crippen LogP) is 2.14. The molecule has 0 bridgehead atoms. The monoisotopic (exact) mass is 444 g/mol. The van der Waals surface area contributed by atoms with Crippen molar-refractivity contribution in [3.8, 4) is 5.88 Å². The molecule has 13 heteroatoms. The fraction of sp³-hybridized carbons (Fsp3) is 0.389. The second-order valence-electron chi connectivity index (χ2n) is 6.17. The molecule has 0 unspecified atom stereocenters. The number of amides is 1. The zero-order chi connectivity index (χ0) is 23.0. The van der Waals surface area contributed by atoms with Gasteiger partial charge < -0.3 is 19.5 Å². The van der Waals surface area contributed by atoms with Gasteiger partial charge in [0, 0.05) is 18.5 Å². The van der Waals surface area contributed by atoms with Gasteiger partial charge in [0.2, 0.25) is 5.88 Å². The SMILES string of the molecule is COC(=O)CC(CC(=O)OC)n1cc(NC(=O)c2ccc(OCC(F)(F)F)nc2)cn1. The summed E-state index contributed by atoms with van der Waals surface area (Å²) in [7, 11) is 2.42. The highest BCUT2D eigenvalue weighted by Gasteiger charge is 2.28. The van der Waals surface area contributed by atoms with Crippen LogP contribution in [0.4, 0.5) is 18.9 Å². The maximum Gasteiger partial charge on any atom is 0.422 e. The molecular formula is C18H19F3N4O6. The van der Waals surface area contributed by atoms with E-state index in [0.717, 1.165) is 12.3 Å². The molecule has 0 aliphatic heterocycles. The third-order valence-electron chi connectivity index (χ3n) is 3.88. The average Bonchev–Trinajstić information content (AvgIpc) is 3.19. The Labute approximate surface area is 174 Å². The number of hydrogen-bond acceptors (Lipinski definition) is 8. The fourth-order valence-electron chi connectivity index (χ4n) is 2.37. The van der Waals surface area contributed by atoms with Crippen LogP contribution in [0.15, 0.2) is 30.7 Å². The van der Waals surface area contributed by atoms with Gasteiger partial charge in [0.15, 0.2) is 6.61 Å². The van der Waals surface area contributed by atoms with Gasteiger partial charge in [0.25, 0.3) is 5.91 Å². The molecule has 10 nitrogen and oxygen atoms in total. The number of carbonyl (C=O) groups excluding carboxylic acids is 3. The van der Waals surface area contributed by atoms with Crippen molar-refractivity contribution in [2.24, 2.45) is 0 Å². The smallest absolute Gasteiger partial charge is 0.422 e. The second-order valence-corrected chi connectivity index (χ2v) is 6.17. The predicted molar refractivity (Wildman–Crippen MR) is 98.3 cm³/mol. The summed E-state index contributed by atoms with van der Waals surface area (Å²) < 4.78 is 51.5. The van der Waals surface area contributed by atoms with E-state index in [1.807, 2.05) is 0 Å². The van der Waals surface area contributed by atoms with Crippen molar-refractivity contribution in [1.82, 2.24) is 14.8 Å². The molecule has 0 spiro atoms. The molecule has 1 amide bonds. The molecule has 0 saturated heterocycles. The van der Waals surface area contributed by atoms with Crippen molar-refractivity contribution in [1.29, 1.82) is 0 Å². The molecule has 1 N–H and O–H groups in total. The van der Waals surface area contributed by atoms with Gasteiger partial charge in [0.1, 0.15) is 0 Å². The van der Waals surface area contributed by atoms with E-state index in [0.29, 0.717) is 0 Å². The number of rotatable bonds is 9. The third-order valence-corrected chi connectivity index (χ3v) is 3.88. The van der Waals surface area contributed by atoms with E-state index in [2.05, 4.69) is 29.6 Å². The Balaban J connectivity index is 2.03. The molecule has 2 heterocycles. The van der Waals surface area contributed by atoms with Crippen LogP contribution in [0.1, 0.15) is 29.2 Å². The summed E-state index contributed by atoms with van der Waals surface area (Å²) in [6.07, 6.45) is -1.04. The highest BCUT2D eigenvalue weighted by Crippen LogP contribution is 2.20. The third kappa shape index (κ3) is 7.60. The number of esters is 2. The molecule has 0 aliphatic carbocycles. The molecule has 0 radical (unpaired) electrons. The largest absolute Gasteiger partial charge is 0.469 e. The molecule has 0 aliphatic rings. The van der Waals surface area contributed by atoms with Crippen LogP contribution in [0.5, 0.6) is 5.88 Å². The first-order valence-corrected chi connectivity index (χ1v) is 8.76. The Hall–Kier alpha value is -3.64. The summed E-state index contributed by atoms with van der Waals surface area (Å²) >= 11 is 0. The van der Waals surface area contributed by atoms with Crippen molar-refractivity contribution in [2.75, 3.05) is 26.1 Å². The van der Waals surface area contributed by atoms with Gasteiger partial charge >= 0.3 is 18.1 Å². The number of pyridine rings is 1. The highest BCUT2D eigenvalue weighted by molar-refractivity contribution is 6.03. The van der Waals surface area contributed by atoms with Gasteiger partial charge in [-0.25, -0.2) is 4.98 Å². The summed E-state index contributed by atoms with van der Waals surface area (Å²) in [5, 5.41) is 6.57. The summed E-state index contributed by atoms with van der Waals surface area (Å²) in [6.45, 7) is -1.50. The van der Waals surface area contributed by atoms with Crippen LogP contribution in [0.2, 0.25) is 0 Å². The zero-order valence-electron chi connectivity index (χ0n) is 16.5. The number of alkyl halides is 3. The Morgan fingerprint density at radius 3 is 2.26 bits per heavy atom. The maximum absolute atomic E-state index is 12.3. The van der Waals surface area contributed by atoms with Crippen LogP contribution in [0.25, 0.3) is 0 Å². The van der Waals surface area contributed by atoms with Gasteiger partial charge in [-0.05, 0) is 6.07 Å².